The van der Waals surface area contributed by atoms with Crippen LogP contribution in [0.25, 0.3) is 10.8 Å². The van der Waals surface area contributed by atoms with Gasteiger partial charge in [0.2, 0.25) is 0 Å². The fourth-order valence-electron chi connectivity index (χ4n) is 2.97. The van der Waals surface area contributed by atoms with E-state index in [0.717, 1.165) is 14.5 Å². The second kappa shape index (κ2) is 9.08. The molecule has 3 aromatic rings. The van der Waals surface area contributed by atoms with Crippen molar-refractivity contribution in [3.8, 4) is 11.5 Å². The number of nitrogens with one attached hydrogen (secondary N) is 1. The van der Waals surface area contributed by atoms with E-state index in [1.165, 1.54) is 5.39 Å². The zero-order chi connectivity index (χ0) is 19.2. The monoisotopic (exact) mass is 475 g/mol. The summed E-state index contributed by atoms with van der Waals surface area (Å²) in [5.74, 6) is 1.15. The minimum Gasteiger partial charge on any atom is -0.490 e. The van der Waals surface area contributed by atoms with E-state index in [4.69, 9.17) is 9.47 Å². The average molecular weight is 475 g/mol. The highest BCUT2D eigenvalue weighted by Gasteiger charge is 2.16. The van der Waals surface area contributed by atoms with Gasteiger partial charge < -0.3 is 14.8 Å². The van der Waals surface area contributed by atoms with Crippen LogP contribution in [0.4, 0.5) is 0 Å². The zero-order valence-corrected chi connectivity index (χ0v) is 17.6. The molecule has 0 radical (unpaired) electrons. The second-order valence-corrected chi connectivity index (χ2v) is 7.13. The van der Waals surface area contributed by atoms with Crippen LogP contribution in [-0.2, 0) is 6.54 Å². The van der Waals surface area contributed by atoms with E-state index in [2.05, 4.69) is 46.1 Å². The summed E-state index contributed by atoms with van der Waals surface area (Å²) < 4.78 is 12.2. The third-order valence-electron chi connectivity index (χ3n) is 4.18. The Morgan fingerprint density at radius 2 is 1.74 bits per heavy atom. The predicted octanol–water partition coefficient (Wildman–Crippen LogP) is 5.17. The molecule has 27 heavy (non-hydrogen) atoms. The van der Waals surface area contributed by atoms with Gasteiger partial charge in [0.05, 0.1) is 16.8 Å². The van der Waals surface area contributed by atoms with Crippen LogP contribution < -0.4 is 14.8 Å². The maximum absolute atomic E-state index is 12.7. The number of benzene rings is 3. The van der Waals surface area contributed by atoms with E-state index < -0.39 is 0 Å². The van der Waals surface area contributed by atoms with Gasteiger partial charge >= 0.3 is 0 Å². The van der Waals surface area contributed by atoms with E-state index in [9.17, 15) is 4.79 Å². The standard InChI is InChI=1S/C22H22INO3/c1-3-26-20-13-17(12-19(23)21(20)27-4-2)22(25)24-14-16-10-7-9-15-8-5-6-11-18(15)16/h5-13H,3-4,14H2,1-2H3,(H,24,25). The van der Waals surface area contributed by atoms with E-state index >= 15 is 0 Å². The van der Waals surface area contributed by atoms with Gasteiger partial charge in [0.1, 0.15) is 0 Å². The Hall–Kier alpha value is -2.28. The fraction of sp³-hybridized carbons (Fsp3) is 0.227. The number of carbonyl (C=O) groups is 1. The molecule has 4 nitrogen and oxygen atoms in total. The van der Waals surface area contributed by atoms with Crippen LogP contribution in [0.2, 0.25) is 0 Å². The number of carbonyl (C=O) groups excluding carboxylic acids is 1. The van der Waals surface area contributed by atoms with Gasteiger partial charge in [-0.1, -0.05) is 42.5 Å². The van der Waals surface area contributed by atoms with Crippen LogP contribution in [0.3, 0.4) is 0 Å². The molecule has 0 saturated heterocycles. The largest absolute Gasteiger partial charge is 0.490 e. The summed E-state index contributed by atoms with van der Waals surface area (Å²) in [6, 6.07) is 17.9. The number of halogens is 1. The maximum atomic E-state index is 12.7. The van der Waals surface area contributed by atoms with Crippen molar-refractivity contribution in [2.75, 3.05) is 13.2 Å². The van der Waals surface area contributed by atoms with Crippen molar-refractivity contribution in [1.82, 2.24) is 5.32 Å². The number of hydrogen-bond donors (Lipinski definition) is 1. The van der Waals surface area contributed by atoms with E-state index in [1.54, 1.807) is 6.07 Å². The van der Waals surface area contributed by atoms with Crippen molar-refractivity contribution in [3.05, 3.63) is 69.3 Å². The van der Waals surface area contributed by atoms with Crippen molar-refractivity contribution in [2.45, 2.75) is 20.4 Å². The molecule has 0 aromatic heterocycles. The first kappa shape index (κ1) is 19.5. The molecule has 3 rings (SSSR count). The van der Waals surface area contributed by atoms with Gasteiger partial charge in [-0.15, -0.1) is 0 Å². The SMILES string of the molecule is CCOc1cc(C(=O)NCc2cccc3ccccc23)cc(I)c1OCC. The molecule has 0 bridgehead atoms. The highest BCUT2D eigenvalue weighted by atomic mass is 127. The van der Waals surface area contributed by atoms with Gasteiger partial charge in [0.25, 0.3) is 5.91 Å². The maximum Gasteiger partial charge on any atom is 0.251 e. The summed E-state index contributed by atoms with van der Waals surface area (Å²) in [7, 11) is 0. The Balaban J connectivity index is 1.81. The lowest BCUT2D eigenvalue weighted by atomic mass is 10.0. The first-order valence-corrected chi connectivity index (χ1v) is 10.1. The summed E-state index contributed by atoms with van der Waals surface area (Å²) in [5, 5.41) is 5.33. The number of rotatable bonds is 7. The lowest BCUT2D eigenvalue weighted by molar-refractivity contribution is 0.0950. The first-order valence-electron chi connectivity index (χ1n) is 8.98. The normalized spacial score (nSPS) is 10.6. The molecule has 0 aliphatic carbocycles. The predicted molar refractivity (Wildman–Crippen MR) is 117 cm³/mol. The number of hydrogen-bond acceptors (Lipinski definition) is 3. The Bertz CT molecular complexity index is 950. The molecule has 1 N–H and O–H groups in total. The minimum atomic E-state index is -0.134. The third-order valence-corrected chi connectivity index (χ3v) is 4.98. The smallest absolute Gasteiger partial charge is 0.251 e. The van der Waals surface area contributed by atoms with Crippen molar-refractivity contribution in [1.29, 1.82) is 0 Å². The molecular weight excluding hydrogens is 453 g/mol. The topological polar surface area (TPSA) is 47.6 Å². The van der Waals surface area contributed by atoms with E-state index in [-0.39, 0.29) is 5.91 Å². The summed E-state index contributed by atoms with van der Waals surface area (Å²) in [5.41, 5.74) is 1.65. The first-order chi connectivity index (χ1) is 13.1. The third kappa shape index (κ3) is 4.53. The molecule has 0 saturated carbocycles. The fourth-order valence-corrected chi connectivity index (χ4v) is 3.73. The van der Waals surface area contributed by atoms with Gasteiger partial charge in [0.15, 0.2) is 11.5 Å². The summed E-state index contributed by atoms with van der Waals surface area (Å²) in [6.45, 7) is 5.36. The lowest BCUT2D eigenvalue weighted by Crippen LogP contribution is -2.23. The van der Waals surface area contributed by atoms with Crippen LogP contribution in [0.5, 0.6) is 11.5 Å². The molecule has 5 heteroatoms. The molecule has 0 aliphatic rings. The van der Waals surface area contributed by atoms with Crippen molar-refractivity contribution in [3.63, 3.8) is 0 Å². The molecule has 3 aromatic carbocycles. The molecule has 140 valence electrons. The summed E-state index contributed by atoms with van der Waals surface area (Å²) in [6.07, 6.45) is 0. The highest BCUT2D eigenvalue weighted by Crippen LogP contribution is 2.34. The van der Waals surface area contributed by atoms with Crippen LogP contribution in [0.1, 0.15) is 29.8 Å². The quantitative estimate of drug-likeness (QED) is 0.480. The Morgan fingerprint density at radius 3 is 2.52 bits per heavy atom. The number of amides is 1. The van der Waals surface area contributed by atoms with E-state index in [0.29, 0.717) is 36.8 Å². The van der Waals surface area contributed by atoms with Crippen molar-refractivity contribution in [2.24, 2.45) is 0 Å². The summed E-state index contributed by atoms with van der Waals surface area (Å²) in [4.78, 5) is 12.7. The van der Waals surface area contributed by atoms with Crippen molar-refractivity contribution < 1.29 is 14.3 Å². The van der Waals surface area contributed by atoms with Gasteiger partial charge in [-0.25, -0.2) is 0 Å². The lowest BCUT2D eigenvalue weighted by Gasteiger charge is -2.15. The minimum absolute atomic E-state index is 0.134. The highest BCUT2D eigenvalue weighted by molar-refractivity contribution is 14.1. The average Bonchev–Trinajstić information content (AvgIpc) is 2.68. The molecular formula is C22H22INO3. The zero-order valence-electron chi connectivity index (χ0n) is 15.4. The van der Waals surface area contributed by atoms with Crippen LogP contribution in [0.15, 0.2) is 54.6 Å². The van der Waals surface area contributed by atoms with Gasteiger partial charge in [0, 0.05) is 12.1 Å². The number of ether oxygens (including phenoxy) is 2. The molecule has 1 amide bonds. The van der Waals surface area contributed by atoms with Gasteiger partial charge in [-0.3, -0.25) is 4.79 Å². The van der Waals surface area contributed by atoms with Crippen LogP contribution in [0, 0.1) is 3.57 Å². The van der Waals surface area contributed by atoms with Crippen LogP contribution >= 0.6 is 22.6 Å². The summed E-state index contributed by atoms with van der Waals surface area (Å²) >= 11 is 2.17. The molecule has 0 fully saturated rings. The Kier molecular flexibility index (Phi) is 6.55. The van der Waals surface area contributed by atoms with Gasteiger partial charge in [-0.05, 0) is 64.9 Å². The van der Waals surface area contributed by atoms with E-state index in [1.807, 2.05) is 44.2 Å². The van der Waals surface area contributed by atoms with Gasteiger partial charge in [-0.2, -0.15) is 0 Å². The Labute approximate surface area is 173 Å². The molecule has 0 heterocycles. The molecule has 0 spiro atoms. The Morgan fingerprint density at radius 1 is 1.00 bits per heavy atom. The number of fused-ring (bicyclic) bond motifs is 1. The van der Waals surface area contributed by atoms with Crippen LogP contribution in [-0.4, -0.2) is 19.1 Å². The molecule has 0 unspecified atom stereocenters. The molecule has 0 atom stereocenters. The molecule has 0 aliphatic heterocycles. The van der Waals surface area contributed by atoms with Crippen molar-refractivity contribution >= 4 is 39.3 Å². The second-order valence-electron chi connectivity index (χ2n) is 5.97.